The Morgan fingerprint density at radius 1 is 1.27 bits per heavy atom. The number of nitrogens with one attached hydrogen (secondary N) is 1. The quantitative estimate of drug-likeness (QED) is 0.756. The van der Waals surface area contributed by atoms with E-state index in [1.165, 1.54) is 0 Å². The third-order valence-electron chi connectivity index (χ3n) is 2.23. The first kappa shape index (κ1) is 12.0. The fraction of sp³-hybridized carbons (Fsp3) is 0.400. The minimum Gasteiger partial charge on any atom is -0.313 e. The van der Waals surface area contributed by atoms with Crippen molar-refractivity contribution in [2.24, 2.45) is 0 Å². The Bertz CT molecular complexity index is 346. The van der Waals surface area contributed by atoms with E-state index in [0.717, 1.165) is 12.1 Å². The van der Waals surface area contributed by atoms with E-state index in [1.807, 2.05) is 0 Å². The Kier molecular flexibility index (Phi) is 3.34. The summed E-state index contributed by atoms with van der Waals surface area (Å²) in [5.41, 5.74) is -0.738. The highest BCUT2D eigenvalue weighted by Gasteiger charge is 2.31. The van der Waals surface area contributed by atoms with Crippen molar-refractivity contribution in [3.63, 3.8) is 0 Å². The van der Waals surface area contributed by atoms with E-state index in [1.54, 1.807) is 14.0 Å². The molecule has 0 saturated carbocycles. The number of benzene rings is 1. The van der Waals surface area contributed by atoms with Crippen LogP contribution in [-0.4, -0.2) is 7.05 Å². The average Bonchev–Trinajstić information content (AvgIpc) is 2.15. The molecule has 0 bridgehead atoms. The van der Waals surface area contributed by atoms with Gasteiger partial charge in [-0.3, -0.25) is 0 Å². The van der Waals surface area contributed by atoms with Crippen LogP contribution < -0.4 is 5.32 Å². The van der Waals surface area contributed by atoms with Crippen LogP contribution >= 0.6 is 0 Å². The van der Waals surface area contributed by atoms with E-state index in [4.69, 9.17) is 0 Å². The Morgan fingerprint density at radius 3 is 2.27 bits per heavy atom. The summed E-state index contributed by atoms with van der Waals surface area (Å²) >= 11 is 0. The predicted molar refractivity (Wildman–Crippen MR) is 48.9 cm³/mol. The van der Waals surface area contributed by atoms with Crippen molar-refractivity contribution in [3.8, 4) is 0 Å². The van der Waals surface area contributed by atoms with Crippen molar-refractivity contribution in [3.05, 3.63) is 35.1 Å². The Balaban J connectivity index is 3.09. The van der Waals surface area contributed by atoms with Crippen LogP contribution in [0.1, 0.15) is 24.1 Å². The molecular formula is C10H11F4N. The molecule has 1 nitrogen and oxygen atoms in total. The number of rotatable bonds is 2. The summed E-state index contributed by atoms with van der Waals surface area (Å²) in [6.07, 6.45) is -4.50. The summed E-state index contributed by atoms with van der Waals surface area (Å²) in [4.78, 5) is 0. The molecule has 1 atom stereocenters. The fourth-order valence-electron chi connectivity index (χ4n) is 1.21. The molecule has 0 spiro atoms. The topological polar surface area (TPSA) is 12.0 Å². The molecule has 0 amide bonds. The molecule has 0 fully saturated rings. The zero-order valence-corrected chi connectivity index (χ0v) is 8.32. The van der Waals surface area contributed by atoms with Gasteiger partial charge in [0.25, 0.3) is 0 Å². The van der Waals surface area contributed by atoms with Crippen LogP contribution in [0, 0.1) is 5.82 Å². The van der Waals surface area contributed by atoms with Crippen molar-refractivity contribution in [1.82, 2.24) is 5.32 Å². The van der Waals surface area contributed by atoms with Crippen LogP contribution in [0.4, 0.5) is 17.6 Å². The molecule has 0 radical (unpaired) electrons. The maximum absolute atomic E-state index is 13.3. The molecule has 5 heteroatoms. The molecular weight excluding hydrogens is 210 g/mol. The highest BCUT2D eigenvalue weighted by atomic mass is 19.4. The normalized spacial score (nSPS) is 14.0. The zero-order valence-electron chi connectivity index (χ0n) is 8.32. The summed E-state index contributed by atoms with van der Waals surface area (Å²) in [6.45, 7) is 1.67. The smallest absolute Gasteiger partial charge is 0.313 e. The number of halogens is 4. The maximum atomic E-state index is 13.3. The molecule has 0 aliphatic carbocycles. The lowest BCUT2D eigenvalue weighted by Gasteiger charge is -2.13. The van der Waals surface area contributed by atoms with Gasteiger partial charge in [-0.15, -0.1) is 0 Å². The lowest BCUT2D eigenvalue weighted by atomic mass is 10.1. The minimum absolute atomic E-state index is 0.227. The molecule has 0 aliphatic heterocycles. The molecule has 15 heavy (non-hydrogen) atoms. The lowest BCUT2D eigenvalue weighted by molar-refractivity contribution is -0.137. The van der Waals surface area contributed by atoms with E-state index in [-0.39, 0.29) is 11.6 Å². The van der Waals surface area contributed by atoms with Gasteiger partial charge >= 0.3 is 6.18 Å². The maximum Gasteiger partial charge on any atom is 0.416 e. The third-order valence-corrected chi connectivity index (χ3v) is 2.23. The predicted octanol–water partition coefficient (Wildman–Crippen LogP) is 3.12. The van der Waals surface area contributed by atoms with Crippen LogP contribution in [-0.2, 0) is 6.18 Å². The lowest BCUT2D eigenvalue weighted by Crippen LogP contribution is -2.15. The largest absolute Gasteiger partial charge is 0.416 e. The monoisotopic (exact) mass is 221 g/mol. The molecule has 0 saturated heterocycles. The fourth-order valence-corrected chi connectivity index (χ4v) is 1.21. The van der Waals surface area contributed by atoms with Crippen molar-refractivity contribution in [1.29, 1.82) is 0 Å². The van der Waals surface area contributed by atoms with Crippen LogP contribution in [0.3, 0.4) is 0 Å². The summed E-state index contributed by atoms with van der Waals surface area (Å²) in [5.74, 6) is -0.841. The summed E-state index contributed by atoms with van der Waals surface area (Å²) < 4.78 is 49.9. The average molecular weight is 221 g/mol. The molecule has 1 aromatic carbocycles. The summed E-state index contributed by atoms with van der Waals surface area (Å²) in [5, 5.41) is 2.76. The van der Waals surface area contributed by atoms with Crippen LogP contribution in [0.25, 0.3) is 0 Å². The SMILES string of the molecule is CNC(C)c1ccc(C(F)(F)F)cc1F. The van der Waals surface area contributed by atoms with E-state index in [9.17, 15) is 17.6 Å². The zero-order chi connectivity index (χ0) is 11.6. The summed E-state index contributed by atoms with van der Waals surface area (Å²) in [7, 11) is 1.61. The van der Waals surface area contributed by atoms with Gasteiger partial charge in [-0.1, -0.05) is 6.07 Å². The molecule has 1 N–H and O–H groups in total. The second-order valence-corrected chi connectivity index (χ2v) is 3.24. The number of hydrogen-bond donors (Lipinski definition) is 1. The standard InChI is InChI=1S/C10H11F4N/c1-6(15-2)8-4-3-7(5-9(8)11)10(12,13)14/h3-6,15H,1-2H3. The summed E-state index contributed by atoms with van der Waals surface area (Å²) in [6, 6.07) is 2.24. The number of alkyl halides is 3. The van der Waals surface area contributed by atoms with Gasteiger partial charge < -0.3 is 5.32 Å². The first-order chi connectivity index (χ1) is 6.86. The molecule has 84 valence electrons. The minimum atomic E-state index is -4.50. The van der Waals surface area contributed by atoms with E-state index >= 15 is 0 Å². The molecule has 1 aromatic rings. The van der Waals surface area contributed by atoms with Crippen molar-refractivity contribution in [2.45, 2.75) is 19.1 Å². The first-order valence-corrected chi connectivity index (χ1v) is 4.40. The van der Waals surface area contributed by atoms with Crippen LogP contribution in [0.5, 0.6) is 0 Å². The van der Waals surface area contributed by atoms with E-state index in [0.29, 0.717) is 6.07 Å². The van der Waals surface area contributed by atoms with Gasteiger partial charge in [0.2, 0.25) is 0 Å². The molecule has 0 heterocycles. The van der Waals surface area contributed by atoms with Gasteiger partial charge in [0.15, 0.2) is 0 Å². The first-order valence-electron chi connectivity index (χ1n) is 4.40. The Hall–Kier alpha value is -1.10. The van der Waals surface area contributed by atoms with Crippen LogP contribution in [0.15, 0.2) is 18.2 Å². The Labute approximate surface area is 85.1 Å². The van der Waals surface area contributed by atoms with Crippen LogP contribution in [0.2, 0.25) is 0 Å². The van der Waals surface area contributed by atoms with Gasteiger partial charge in [0.1, 0.15) is 5.82 Å². The van der Waals surface area contributed by atoms with Crippen molar-refractivity contribution in [2.75, 3.05) is 7.05 Å². The molecule has 1 unspecified atom stereocenters. The van der Waals surface area contributed by atoms with Crippen molar-refractivity contribution < 1.29 is 17.6 Å². The second-order valence-electron chi connectivity index (χ2n) is 3.24. The van der Waals surface area contributed by atoms with Gasteiger partial charge in [0.05, 0.1) is 5.56 Å². The number of hydrogen-bond acceptors (Lipinski definition) is 1. The van der Waals surface area contributed by atoms with E-state index in [2.05, 4.69) is 5.32 Å². The molecule has 0 aliphatic rings. The second kappa shape index (κ2) is 4.18. The molecule has 1 rings (SSSR count). The van der Waals surface area contributed by atoms with Gasteiger partial charge in [-0.05, 0) is 26.1 Å². The van der Waals surface area contributed by atoms with Gasteiger partial charge in [-0.25, -0.2) is 4.39 Å². The highest BCUT2D eigenvalue weighted by Crippen LogP contribution is 2.31. The Morgan fingerprint density at radius 2 is 1.87 bits per heavy atom. The third kappa shape index (κ3) is 2.68. The van der Waals surface area contributed by atoms with E-state index < -0.39 is 17.6 Å². The molecule has 0 aromatic heterocycles. The van der Waals surface area contributed by atoms with Gasteiger partial charge in [0, 0.05) is 11.6 Å². The van der Waals surface area contributed by atoms with Crippen molar-refractivity contribution >= 4 is 0 Å². The van der Waals surface area contributed by atoms with Gasteiger partial charge in [-0.2, -0.15) is 13.2 Å². The highest BCUT2D eigenvalue weighted by molar-refractivity contribution is 5.28.